The largest absolute Gasteiger partial charge is 2.00 e. The number of nitrogens with zero attached hydrogens (tertiary/aromatic N) is 8. The van der Waals surface area contributed by atoms with E-state index in [1.54, 1.807) is 24.3 Å². The van der Waals surface area contributed by atoms with Crippen molar-refractivity contribution in [2.45, 2.75) is 209 Å². The summed E-state index contributed by atoms with van der Waals surface area (Å²) in [6, 6.07) is 37.8. The van der Waals surface area contributed by atoms with E-state index in [1.165, 1.54) is 0 Å². The van der Waals surface area contributed by atoms with Crippen molar-refractivity contribution in [3.63, 3.8) is 0 Å². The van der Waals surface area contributed by atoms with Gasteiger partial charge in [0.05, 0.1) is 34.4 Å². The Hall–Kier alpha value is -9.86. The number of benzene rings is 8. The molecule has 105 heavy (non-hydrogen) atoms. The zero-order chi connectivity index (χ0) is 75.4. The Morgan fingerprint density at radius 2 is 0.495 bits per heavy atom. The molecule has 0 saturated carbocycles. The molecule has 8 aromatic carbocycles. The van der Waals surface area contributed by atoms with Crippen molar-refractivity contribution in [2.75, 3.05) is 0 Å². The fourth-order valence-corrected chi connectivity index (χ4v) is 13.9. The number of fused-ring (bicyclic) bond motifs is 20. The molecule has 13 rings (SSSR count). The van der Waals surface area contributed by atoms with E-state index < -0.39 is 43.3 Å². The molecular formula is C88H96N8O8Zn. The first-order valence-corrected chi connectivity index (χ1v) is 35.7. The van der Waals surface area contributed by atoms with Gasteiger partial charge < -0.3 is 69.3 Å². The maximum absolute atomic E-state index is 11.7. The second-order valence-electron chi connectivity index (χ2n) is 36.1. The number of hydrogen-bond acceptors (Lipinski definition) is 14. The summed E-state index contributed by atoms with van der Waals surface area (Å²) in [5, 5.41) is 48.9. The molecule has 0 fully saturated rings. The zero-order valence-electron chi connectivity index (χ0n) is 65.3. The van der Waals surface area contributed by atoms with Crippen LogP contribution in [0.4, 0.5) is 0 Å². The predicted octanol–water partition coefficient (Wildman–Crippen LogP) is 22.5. The number of hydrogen-bond donors (Lipinski definition) is 4. The average Bonchev–Trinajstić information content (AvgIpc) is 1.62. The van der Waals surface area contributed by atoms with Gasteiger partial charge in [-0.3, -0.25) is 0 Å². The van der Waals surface area contributed by atoms with Crippen LogP contribution in [0.3, 0.4) is 0 Å². The van der Waals surface area contributed by atoms with Gasteiger partial charge in [0.1, 0.15) is 69.0 Å². The normalized spacial score (nSPS) is 13.0. The molecular weight excluding hydrogens is 1360 g/mol. The molecule has 0 unspecified atom stereocenters. The minimum atomic E-state index is -0.482. The van der Waals surface area contributed by atoms with Crippen LogP contribution in [0.1, 0.15) is 211 Å². The topological polar surface area (TPSA) is 223 Å². The second-order valence-corrected chi connectivity index (χ2v) is 36.1. The molecule has 17 heteroatoms. The van der Waals surface area contributed by atoms with E-state index in [9.17, 15) is 20.4 Å². The molecule has 0 spiro atoms. The van der Waals surface area contributed by atoms with Gasteiger partial charge in [0.15, 0.2) is 0 Å². The molecule has 4 N–H and O–H groups in total. The maximum Gasteiger partial charge on any atom is 2.00 e. The first-order valence-electron chi connectivity index (χ1n) is 35.7. The molecule has 538 valence electrons. The smallest absolute Gasteiger partial charge is 0.508 e. The first kappa shape index (κ1) is 74.8. The minimum absolute atomic E-state index is 0. The third-order valence-corrected chi connectivity index (χ3v) is 19.4. The Morgan fingerprint density at radius 1 is 0.257 bits per heavy atom. The summed E-state index contributed by atoms with van der Waals surface area (Å²) < 4.78 is 29.1. The molecule has 0 aliphatic carbocycles. The van der Waals surface area contributed by atoms with Gasteiger partial charge in [0.25, 0.3) is 0 Å². The Kier molecular flexibility index (Phi) is 18.3. The molecule has 0 amide bonds. The molecule has 0 radical (unpaired) electrons. The third-order valence-electron chi connectivity index (χ3n) is 19.4. The summed E-state index contributed by atoms with van der Waals surface area (Å²) in [5.74, 6) is 5.44. The molecule has 11 aromatic rings. The van der Waals surface area contributed by atoms with Gasteiger partial charge in [0.2, 0.25) is 0 Å². The van der Waals surface area contributed by atoms with Crippen LogP contribution in [0, 0.1) is 0 Å². The van der Waals surface area contributed by atoms with Gasteiger partial charge in [-0.15, -0.1) is 0 Å². The van der Waals surface area contributed by atoms with Crippen molar-refractivity contribution in [3.8, 4) is 115 Å². The van der Waals surface area contributed by atoms with Crippen molar-refractivity contribution in [2.24, 2.45) is 0 Å². The van der Waals surface area contributed by atoms with Gasteiger partial charge in [-0.25, -0.2) is 9.97 Å². The van der Waals surface area contributed by atoms with Crippen LogP contribution in [-0.4, -0.2) is 50.3 Å². The Morgan fingerprint density at radius 3 is 0.762 bits per heavy atom. The van der Waals surface area contributed by atoms with Crippen LogP contribution in [0.2, 0.25) is 0 Å². The van der Waals surface area contributed by atoms with Gasteiger partial charge in [-0.1, -0.05) is 215 Å². The summed E-state index contributed by atoms with van der Waals surface area (Å²) in [6.07, 6.45) is 0. The van der Waals surface area contributed by atoms with Gasteiger partial charge in [-0.2, -0.15) is 0 Å². The Bertz CT molecular complexity index is 5200. The van der Waals surface area contributed by atoms with Crippen LogP contribution in [-0.2, 0) is 62.8 Å². The number of phenolic OH excluding ortho intramolecular Hbond substituents is 4. The summed E-state index contributed by atoms with van der Waals surface area (Å²) in [6.45, 7) is 49.7. The number of rotatable bonds is 8. The standard InChI is InChI=1S/C88H96N8O8.Zn/c1-81(2,3)49-41-65(53(37-57(49)97)85(13,14)15)101-61-33-25-29-45-69(61)77-89-73(45)94-78-71-47(31-27-35-63(71)103-67-43-51(83(7,8)9)59(99)39-55(67)87(19,20)21)75(91-78)96-80-72-48(32-28-36-64(72)104-68-44-52(84(10,11)12)60(100)40-56(68)88(22,23)24)76(92-80)95-79-70-46(74(90-79)93-77)30-26-34-62(70)102-66-42-50(82(4,5)6)58(98)38-54(66)86(16,17)18;/h25-44H,1-24H3,(H4-2,89,90,91,92,93,94,95,96,97,98,99,100);/q-2;+2. The van der Waals surface area contributed by atoms with E-state index in [0.717, 1.165) is 22.3 Å². The van der Waals surface area contributed by atoms with Crippen LogP contribution in [0.15, 0.2) is 121 Å². The van der Waals surface area contributed by atoms with E-state index in [1.807, 2.05) is 97.1 Å². The van der Waals surface area contributed by atoms with Gasteiger partial charge in [-0.05, 0) is 127 Å². The molecule has 2 aliphatic rings. The van der Waals surface area contributed by atoms with Crippen molar-refractivity contribution in [3.05, 3.63) is 166 Å². The van der Waals surface area contributed by atoms with E-state index in [2.05, 4.69) is 166 Å². The van der Waals surface area contributed by atoms with Crippen molar-refractivity contribution in [1.29, 1.82) is 0 Å². The maximum atomic E-state index is 11.7. The van der Waals surface area contributed by atoms with E-state index in [-0.39, 0.29) is 88.4 Å². The summed E-state index contributed by atoms with van der Waals surface area (Å²) in [5.41, 5.74) is 5.30. The quantitative estimate of drug-likeness (QED) is 0.104. The molecule has 0 saturated heterocycles. The van der Waals surface area contributed by atoms with E-state index >= 15 is 0 Å². The monoisotopic (exact) mass is 1460 g/mol. The van der Waals surface area contributed by atoms with E-state index in [0.29, 0.717) is 112 Å². The number of ether oxygens (including phenoxy) is 4. The molecule has 2 aliphatic heterocycles. The molecule has 8 bridgehead atoms. The molecule has 3 aromatic heterocycles. The third kappa shape index (κ3) is 14.1. The van der Waals surface area contributed by atoms with Crippen molar-refractivity contribution in [1.82, 2.24) is 39.9 Å². The first-order chi connectivity index (χ1) is 48.2. The number of phenols is 4. The summed E-state index contributed by atoms with van der Waals surface area (Å²) in [7, 11) is 0. The SMILES string of the molecule is CC(C)(C)c1cc(Oc2cccc3c2-c2nc-3nc3[n-]c(nc4nc(nc5[n-]c(n2)c2cccc(Oc6cc(C(C)(C)C)c(O)cc6C(C)(C)C)c52)-c2cccc(Oc5cc(C(C)(C)C)c(O)cc5C(C)(C)C)c2-4)c2cccc(Oc4cc(C(C)(C)C)c(O)cc4C(C)(C)C)c32)c(C(C)(C)C)cc1O.[Zn+2]. The predicted molar refractivity (Wildman–Crippen MR) is 416 cm³/mol. The summed E-state index contributed by atoms with van der Waals surface area (Å²) >= 11 is 0. The zero-order valence-corrected chi connectivity index (χ0v) is 68.2. The number of aromatic nitrogens is 8. The minimum Gasteiger partial charge on any atom is -0.508 e. The van der Waals surface area contributed by atoms with Gasteiger partial charge in [0, 0.05) is 89.0 Å². The van der Waals surface area contributed by atoms with Crippen LogP contribution < -0.4 is 28.9 Å². The van der Waals surface area contributed by atoms with Crippen molar-refractivity contribution < 1.29 is 58.9 Å². The Labute approximate surface area is 629 Å². The number of aromatic hydroxyl groups is 4. The molecule has 0 atom stereocenters. The molecule has 16 nitrogen and oxygen atoms in total. The average molecular weight is 1460 g/mol. The van der Waals surface area contributed by atoms with Crippen molar-refractivity contribution >= 4 is 44.1 Å². The van der Waals surface area contributed by atoms with Crippen LogP contribution in [0.5, 0.6) is 69.0 Å². The van der Waals surface area contributed by atoms with E-state index in [4.69, 9.17) is 58.8 Å². The summed E-state index contributed by atoms with van der Waals surface area (Å²) in [4.78, 5) is 43.8. The van der Waals surface area contributed by atoms with Crippen LogP contribution in [0.25, 0.3) is 89.7 Å². The fourth-order valence-electron chi connectivity index (χ4n) is 13.9. The molecule has 5 heterocycles. The van der Waals surface area contributed by atoms with Crippen LogP contribution >= 0.6 is 0 Å². The Balaban J connectivity index is 0.0000104. The second kappa shape index (κ2) is 25.7. The fraction of sp³-hybridized carbons (Fsp3) is 0.364. The van der Waals surface area contributed by atoms with Gasteiger partial charge >= 0.3 is 19.5 Å².